The molecule has 5 nitrogen and oxygen atoms in total. The van der Waals surface area contributed by atoms with E-state index >= 15 is 0 Å². The quantitative estimate of drug-likeness (QED) is 0.624. The zero-order valence-corrected chi connectivity index (χ0v) is 9.73. The van der Waals surface area contributed by atoms with E-state index in [1.807, 2.05) is 36.7 Å². The molecule has 1 N–H and O–H groups in total. The molecule has 0 saturated carbocycles. The van der Waals surface area contributed by atoms with Crippen LogP contribution in [0.15, 0.2) is 18.2 Å². The first-order chi connectivity index (χ1) is 8.11. The minimum atomic E-state index is -0.609. The van der Waals surface area contributed by atoms with Crippen molar-refractivity contribution in [1.29, 1.82) is 0 Å². The Kier molecular flexibility index (Phi) is 2.91. The number of hydrogen-bond acceptors (Lipinski definition) is 3. The van der Waals surface area contributed by atoms with Gasteiger partial charge in [-0.2, -0.15) is 0 Å². The van der Waals surface area contributed by atoms with Crippen LogP contribution in [0.1, 0.15) is 11.4 Å². The zero-order chi connectivity index (χ0) is 12.4. The van der Waals surface area contributed by atoms with Crippen molar-refractivity contribution in [3.05, 3.63) is 29.6 Å². The number of carbonyl (C=O) groups is 2. The Morgan fingerprint density at radius 1 is 1.53 bits per heavy atom. The number of aldehydes is 1. The van der Waals surface area contributed by atoms with Gasteiger partial charge in [0.05, 0.1) is 11.0 Å². The average Bonchev–Trinajstić information content (AvgIpc) is 2.62. The second-order valence-corrected chi connectivity index (χ2v) is 3.88. The third-order valence-corrected chi connectivity index (χ3v) is 2.74. The number of aromatic nitrogens is 2. The summed E-state index contributed by atoms with van der Waals surface area (Å²) in [6.07, 6.45) is 0.267. The second kappa shape index (κ2) is 4.37. The lowest BCUT2D eigenvalue weighted by Crippen LogP contribution is -2.23. The molecule has 5 heteroatoms. The highest BCUT2D eigenvalue weighted by Crippen LogP contribution is 2.16. The Morgan fingerprint density at radius 3 is 3.00 bits per heavy atom. The summed E-state index contributed by atoms with van der Waals surface area (Å²) < 4.78 is 2.00. The second-order valence-electron chi connectivity index (χ2n) is 3.88. The summed E-state index contributed by atoms with van der Waals surface area (Å²) in [5.74, 6) is 0.330. The van der Waals surface area contributed by atoms with Crippen LogP contribution in [0.4, 0.5) is 0 Å². The van der Waals surface area contributed by atoms with Crippen molar-refractivity contribution in [2.24, 2.45) is 7.05 Å². The first-order valence-corrected chi connectivity index (χ1v) is 5.27. The van der Waals surface area contributed by atoms with Gasteiger partial charge in [-0.1, -0.05) is 6.07 Å². The van der Waals surface area contributed by atoms with Crippen LogP contribution in [-0.2, 0) is 23.2 Å². The molecule has 1 aromatic heterocycles. The minimum Gasteiger partial charge on any atom is -0.346 e. The third-order valence-electron chi connectivity index (χ3n) is 2.74. The van der Waals surface area contributed by atoms with Gasteiger partial charge in [-0.25, -0.2) is 4.98 Å². The molecular formula is C12H13N3O2. The standard InChI is InChI=1S/C12H13N3O2/c1-8-14-10-5-9(6-13-12(17)7-16)3-4-11(10)15(8)2/h3-5,7H,6H2,1-2H3,(H,13,17). The summed E-state index contributed by atoms with van der Waals surface area (Å²) in [5.41, 5.74) is 2.86. The molecular weight excluding hydrogens is 218 g/mol. The Balaban J connectivity index is 2.26. The Morgan fingerprint density at radius 2 is 2.29 bits per heavy atom. The maximum atomic E-state index is 10.8. The molecule has 17 heavy (non-hydrogen) atoms. The number of nitrogens with zero attached hydrogens (tertiary/aromatic N) is 2. The van der Waals surface area contributed by atoms with E-state index in [-0.39, 0.29) is 6.29 Å². The van der Waals surface area contributed by atoms with Crippen LogP contribution in [0.3, 0.4) is 0 Å². The number of nitrogens with one attached hydrogen (secondary N) is 1. The van der Waals surface area contributed by atoms with Gasteiger partial charge in [-0.3, -0.25) is 9.59 Å². The molecule has 0 radical (unpaired) electrons. The van der Waals surface area contributed by atoms with Gasteiger partial charge in [0, 0.05) is 13.6 Å². The maximum absolute atomic E-state index is 10.8. The predicted molar refractivity (Wildman–Crippen MR) is 63.4 cm³/mol. The van der Waals surface area contributed by atoms with Gasteiger partial charge in [0.15, 0.2) is 0 Å². The van der Waals surface area contributed by atoms with Crippen molar-refractivity contribution in [2.45, 2.75) is 13.5 Å². The van der Waals surface area contributed by atoms with E-state index in [0.717, 1.165) is 22.4 Å². The number of fused-ring (bicyclic) bond motifs is 1. The fourth-order valence-electron chi connectivity index (χ4n) is 1.71. The minimum absolute atomic E-state index is 0.267. The van der Waals surface area contributed by atoms with Crippen molar-refractivity contribution in [1.82, 2.24) is 14.9 Å². The molecule has 1 aromatic carbocycles. The molecule has 0 fully saturated rings. The van der Waals surface area contributed by atoms with Crippen molar-refractivity contribution < 1.29 is 9.59 Å². The zero-order valence-electron chi connectivity index (χ0n) is 9.73. The molecule has 88 valence electrons. The van der Waals surface area contributed by atoms with Gasteiger partial charge in [0.1, 0.15) is 5.82 Å². The molecule has 1 amide bonds. The summed E-state index contributed by atoms with van der Waals surface area (Å²) in [6.45, 7) is 2.27. The van der Waals surface area contributed by atoms with Gasteiger partial charge < -0.3 is 9.88 Å². The van der Waals surface area contributed by atoms with Crippen LogP contribution in [0.25, 0.3) is 11.0 Å². The molecule has 2 aromatic rings. The van der Waals surface area contributed by atoms with Crippen molar-refractivity contribution in [2.75, 3.05) is 0 Å². The number of aryl methyl sites for hydroxylation is 2. The van der Waals surface area contributed by atoms with Gasteiger partial charge in [0.25, 0.3) is 5.91 Å². The summed E-state index contributed by atoms with van der Waals surface area (Å²) in [5, 5.41) is 2.49. The van der Waals surface area contributed by atoms with Crippen molar-refractivity contribution in [3.8, 4) is 0 Å². The van der Waals surface area contributed by atoms with E-state index in [4.69, 9.17) is 0 Å². The molecule has 0 aliphatic carbocycles. The highest BCUT2D eigenvalue weighted by atomic mass is 16.2. The average molecular weight is 231 g/mol. The van der Waals surface area contributed by atoms with Gasteiger partial charge in [-0.15, -0.1) is 0 Å². The maximum Gasteiger partial charge on any atom is 0.284 e. The molecule has 1 heterocycles. The lowest BCUT2D eigenvalue weighted by atomic mass is 10.2. The summed E-state index contributed by atoms with van der Waals surface area (Å²) in [6, 6.07) is 5.78. The molecule has 0 unspecified atom stereocenters. The fourth-order valence-corrected chi connectivity index (χ4v) is 1.71. The van der Waals surface area contributed by atoms with E-state index < -0.39 is 5.91 Å². The number of imidazole rings is 1. The van der Waals surface area contributed by atoms with Crippen LogP contribution >= 0.6 is 0 Å². The van der Waals surface area contributed by atoms with Crippen LogP contribution < -0.4 is 5.32 Å². The Hall–Kier alpha value is -2.17. The highest BCUT2D eigenvalue weighted by molar-refractivity contribution is 6.23. The first-order valence-electron chi connectivity index (χ1n) is 5.27. The molecule has 0 aliphatic heterocycles. The SMILES string of the molecule is Cc1nc2cc(CNC(=O)C=O)ccc2n1C. The Bertz CT molecular complexity index is 587. The first kappa shape index (κ1) is 11.3. The van der Waals surface area contributed by atoms with E-state index in [1.165, 1.54) is 0 Å². The Labute approximate surface area is 98.4 Å². The number of carbonyl (C=O) groups excluding carboxylic acids is 2. The van der Waals surface area contributed by atoms with Crippen LogP contribution in [-0.4, -0.2) is 21.7 Å². The third kappa shape index (κ3) is 2.18. The van der Waals surface area contributed by atoms with Crippen LogP contribution in [0.5, 0.6) is 0 Å². The predicted octanol–water partition coefficient (Wildman–Crippen LogP) is 0.697. The number of hydrogen-bond donors (Lipinski definition) is 1. The van der Waals surface area contributed by atoms with E-state index in [9.17, 15) is 9.59 Å². The monoisotopic (exact) mass is 231 g/mol. The molecule has 0 atom stereocenters. The molecule has 0 aliphatic rings. The van der Waals surface area contributed by atoms with Gasteiger partial charge in [0.2, 0.25) is 6.29 Å². The summed E-state index contributed by atoms with van der Waals surface area (Å²) >= 11 is 0. The number of benzene rings is 1. The molecule has 0 spiro atoms. The van der Waals surface area contributed by atoms with Gasteiger partial charge in [-0.05, 0) is 24.6 Å². The fraction of sp³-hybridized carbons (Fsp3) is 0.250. The topological polar surface area (TPSA) is 64.0 Å². The van der Waals surface area contributed by atoms with Crippen molar-refractivity contribution in [3.63, 3.8) is 0 Å². The summed E-state index contributed by atoms with van der Waals surface area (Å²) in [4.78, 5) is 25.4. The van der Waals surface area contributed by atoms with Crippen molar-refractivity contribution >= 4 is 23.2 Å². The number of rotatable bonds is 3. The lowest BCUT2D eigenvalue weighted by Gasteiger charge is -2.02. The largest absolute Gasteiger partial charge is 0.346 e. The molecule has 0 bridgehead atoms. The van der Waals surface area contributed by atoms with E-state index in [0.29, 0.717) is 6.54 Å². The highest BCUT2D eigenvalue weighted by Gasteiger charge is 2.05. The van der Waals surface area contributed by atoms with Crippen LogP contribution in [0, 0.1) is 6.92 Å². The van der Waals surface area contributed by atoms with E-state index in [1.54, 1.807) is 0 Å². The van der Waals surface area contributed by atoms with E-state index in [2.05, 4.69) is 10.3 Å². The smallest absolute Gasteiger partial charge is 0.284 e. The molecule has 0 saturated heterocycles. The van der Waals surface area contributed by atoms with Gasteiger partial charge >= 0.3 is 0 Å². The normalized spacial score (nSPS) is 10.5. The molecule has 2 rings (SSSR count). The lowest BCUT2D eigenvalue weighted by molar-refractivity contribution is -0.131. The van der Waals surface area contributed by atoms with Crippen LogP contribution in [0.2, 0.25) is 0 Å². The number of amides is 1. The summed E-state index contributed by atoms with van der Waals surface area (Å²) in [7, 11) is 1.96.